The molecule has 0 saturated carbocycles. The van der Waals surface area contributed by atoms with E-state index in [9.17, 15) is 0 Å². The van der Waals surface area contributed by atoms with Gasteiger partial charge >= 0.3 is 0 Å². The molecule has 28 heavy (non-hydrogen) atoms. The predicted octanol–water partition coefficient (Wildman–Crippen LogP) is 2.63. The maximum atomic E-state index is 5.99. The van der Waals surface area contributed by atoms with Gasteiger partial charge in [0.2, 0.25) is 0 Å². The molecule has 1 unspecified atom stereocenters. The molecule has 1 fully saturated rings. The van der Waals surface area contributed by atoms with E-state index in [1.54, 1.807) is 20.4 Å². The molecule has 4 rings (SSSR count). The van der Waals surface area contributed by atoms with Crippen LogP contribution >= 0.6 is 0 Å². The number of hydrogen-bond acceptors (Lipinski definition) is 7. The molecule has 0 spiro atoms. The zero-order valence-corrected chi connectivity index (χ0v) is 16.2. The highest BCUT2D eigenvalue weighted by Gasteiger charge is 2.23. The number of aromatic nitrogens is 3. The van der Waals surface area contributed by atoms with Crippen LogP contribution in [0, 0.1) is 0 Å². The summed E-state index contributed by atoms with van der Waals surface area (Å²) < 4.78 is 16.8. The Labute approximate surface area is 164 Å². The summed E-state index contributed by atoms with van der Waals surface area (Å²) in [7, 11) is 3.34. The summed E-state index contributed by atoms with van der Waals surface area (Å²) in [6, 6.07) is 8.06. The van der Waals surface area contributed by atoms with Gasteiger partial charge in [0.05, 0.1) is 43.8 Å². The standard InChI is InChI=1S/C21H24N4O3/c1-26-14-16-9-19-18(10-21(16)27-2)20(12-23-24-19)25-6-7-28-17(13-25)8-15-4-3-5-22-11-15/h3-5,9-12,17H,6-8,13-14H2,1-2H3. The number of pyridine rings is 1. The van der Waals surface area contributed by atoms with Gasteiger partial charge in [-0.3, -0.25) is 4.98 Å². The predicted molar refractivity (Wildman–Crippen MR) is 107 cm³/mol. The summed E-state index contributed by atoms with van der Waals surface area (Å²) in [5, 5.41) is 9.57. The van der Waals surface area contributed by atoms with Crippen molar-refractivity contribution in [2.75, 3.05) is 38.8 Å². The summed E-state index contributed by atoms with van der Waals surface area (Å²) in [6.45, 7) is 2.74. The Morgan fingerprint density at radius 1 is 1.25 bits per heavy atom. The first-order valence-corrected chi connectivity index (χ1v) is 9.35. The summed E-state index contributed by atoms with van der Waals surface area (Å²) in [4.78, 5) is 6.52. The van der Waals surface area contributed by atoms with E-state index in [0.29, 0.717) is 13.2 Å². The molecule has 7 nitrogen and oxygen atoms in total. The molecule has 1 saturated heterocycles. The number of rotatable bonds is 6. The number of fused-ring (bicyclic) bond motifs is 1. The first-order valence-electron chi connectivity index (χ1n) is 9.35. The summed E-state index contributed by atoms with van der Waals surface area (Å²) in [5.41, 5.74) is 4.02. The van der Waals surface area contributed by atoms with Gasteiger partial charge in [0.1, 0.15) is 5.75 Å². The quantitative estimate of drug-likeness (QED) is 0.651. The molecule has 3 aromatic rings. The van der Waals surface area contributed by atoms with E-state index >= 15 is 0 Å². The molecule has 0 aliphatic carbocycles. The van der Waals surface area contributed by atoms with E-state index in [-0.39, 0.29) is 6.10 Å². The van der Waals surface area contributed by atoms with Crippen LogP contribution in [0.2, 0.25) is 0 Å². The first-order chi connectivity index (χ1) is 13.8. The fraction of sp³-hybridized carbons (Fsp3) is 0.381. The molecule has 1 aromatic carbocycles. The topological polar surface area (TPSA) is 69.6 Å². The van der Waals surface area contributed by atoms with Crippen molar-refractivity contribution in [2.45, 2.75) is 19.1 Å². The molecule has 0 N–H and O–H groups in total. The van der Waals surface area contributed by atoms with E-state index in [2.05, 4.69) is 26.1 Å². The van der Waals surface area contributed by atoms with Crippen molar-refractivity contribution in [1.82, 2.24) is 15.2 Å². The van der Waals surface area contributed by atoms with E-state index < -0.39 is 0 Å². The molecule has 0 radical (unpaired) electrons. The Hall–Kier alpha value is -2.77. The lowest BCUT2D eigenvalue weighted by Gasteiger charge is -2.35. The summed E-state index contributed by atoms with van der Waals surface area (Å²) in [5.74, 6) is 0.795. The van der Waals surface area contributed by atoms with Crippen molar-refractivity contribution in [3.8, 4) is 5.75 Å². The Morgan fingerprint density at radius 2 is 2.18 bits per heavy atom. The number of hydrogen-bond donors (Lipinski definition) is 0. The Morgan fingerprint density at radius 3 is 2.96 bits per heavy atom. The van der Waals surface area contributed by atoms with Crippen LogP contribution in [-0.4, -0.2) is 55.2 Å². The van der Waals surface area contributed by atoms with Gasteiger partial charge in [-0.05, 0) is 23.8 Å². The summed E-state index contributed by atoms with van der Waals surface area (Å²) in [6.07, 6.45) is 6.45. The van der Waals surface area contributed by atoms with Gasteiger partial charge in [0.15, 0.2) is 0 Å². The van der Waals surface area contributed by atoms with Gasteiger partial charge in [-0.1, -0.05) is 6.07 Å². The van der Waals surface area contributed by atoms with Crippen LogP contribution in [0.5, 0.6) is 5.75 Å². The number of ether oxygens (including phenoxy) is 3. The normalized spacial score (nSPS) is 17.1. The minimum absolute atomic E-state index is 0.107. The van der Waals surface area contributed by atoms with Gasteiger partial charge in [0, 0.05) is 50.0 Å². The molecule has 0 bridgehead atoms. The first kappa shape index (κ1) is 18.6. The van der Waals surface area contributed by atoms with Crippen molar-refractivity contribution >= 4 is 16.6 Å². The Balaban J connectivity index is 1.62. The highest BCUT2D eigenvalue weighted by molar-refractivity contribution is 5.92. The van der Waals surface area contributed by atoms with Crippen LogP contribution in [0.25, 0.3) is 10.9 Å². The number of morpholine rings is 1. The molecule has 1 aliphatic rings. The van der Waals surface area contributed by atoms with Crippen LogP contribution in [-0.2, 0) is 22.5 Å². The molecule has 0 amide bonds. The van der Waals surface area contributed by atoms with Gasteiger partial charge in [-0.15, -0.1) is 0 Å². The van der Waals surface area contributed by atoms with E-state index in [1.807, 2.05) is 30.6 Å². The fourth-order valence-corrected chi connectivity index (χ4v) is 3.67. The average Bonchev–Trinajstić information content (AvgIpc) is 2.74. The lowest BCUT2D eigenvalue weighted by molar-refractivity contribution is 0.0411. The number of methoxy groups -OCH3 is 2. The maximum Gasteiger partial charge on any atom is 0.125 e. The highest BCUT2D eigenvalue weighted by atomic mass is 16.5. The molecular formula is C21H24N4O3. The van der Waals surface area contributed by atoms with E-state index in [0.717, 1.165) is 47.4 Å². The number of nitrogens with zero attached hydrogens (tertiary/aromatic N) is 4. The second kappa shape index (κ2) is 8.50. The second-order valence-electron chi connectivity index (χ2n) is 6.85. The Bertz CT molecular complexity index is 936. The van der Waals surface area contributed by atoms with Gasteiger partial charge in [-0.2, -0.15) is 10.2 Å². The lowest BCUT2D eigenvalue weighted by atomic mass is 10.1. The van der Waals surface area contributed by atoms with Crippen molar-refractivity contribution in [2.24, 2.45) is 0 Å². The third-order valence-corrected chi connectivity index (χ3v) is 4.99. The second-order valence-corrected chi connectivity index (χ2v) is 6.85. The third-order valence-electron chi connectivity index (χ3n) is 4.99. The molecule has 7 heteroatoms. The van der Waals surface area contributed by atoms with Gasteiger partial charge < -0.3 is 19.1 Å². The number of anilines is 1. The molecule has 1 aliphatic heterocycles. The van der Waals surface area contributed by atoms with Gasteiger partial charge in [0.25, 0.3) is 0 Å². The minimum Gasteiger partial charge on any atom is -0.496 e. The molecule has 1 atom stereocenters. The molecule has 3 heterocycles. The van der Waals surface area contributed by atoms with Crippen molar-refractivity contribution in [3.05, 3.63) is 54.0 Å². The van der Waals surface area contributed by atoms with Crippen LogP contribution < -0.4 is 9.64 Å². The Kier molecular flexibility index (Phi) is 5.64. The van der Waals surface area contributed by atoms with Crippen LogP contribution in [0.4, 0.5) is 5.69 Å². The molecule has 146 valence electrons. The van der Waals surface area contributed by atoms with E-state index in [4.69, 9.17) is 14.2 Å². The monoisotopic (exact) mass is 380 g/mol. The maximum absolute atomic E-state index is 5.99. The van der Waals surface area contributed by atoms with Crippen LogP contribution in [0.3, 0.4) is 0 Å². The lowest BCUT2D eigenvalue weighted by Crippen LogP contribution is -2.43. The van der Waals surface area contributed by atoms with E-state index in [1.165, 1.54) is 5.56 Å². The average molecular weight is 380 g/mol. The van der Waals surface area contributed by atoms with Crippen molar-refractivity contribution in [1.29, 1.82) is 0 Å². The zero-order chi connectivity index (χ0) is 19.3. The third kappa shape index (κ3) is 3.90. The van der Waals surface area contributed by atoms with Crippen molar-refractivity contribution in [3.63, 3.8) is 0 Å². The number of benzene rings is 1. The smallest absolute Gasteiger partial charge is 0.125 e. The van der Waals surface area contributed by atoms with Crippen molar-refractivity contribution < 1.29 is 14.2 Å². The van der Waals surface area contributed by atoms with Gasteiger partial charge in [-0.25, -0.2) is 0 Å². The minimum atomic E-state index is 0.107. The molecular weight excluding hydrogens is 356 g/mol. The van der Waals surface area contributed by atoms with Crippen LogP contribution in [0.1, 0.15) is 11.1 Å². The van der Waals surface area contributed by atoms with Crippen LogP contribution in [0.15, 0.2) is 42.9 Å². The highest BCUT2D eigenvalue weighted by Crippen LogP contribution is 2.32. The molecule has 2 aromatic heterocycles. The summed E-state index contributed by atoms with van der Waals surface area (Å²) >= 11 is 0. The fourth-order valence-electron chi connectivity index (χ4n) is 3.67. The largest absolute Gasteiger partial charge is 0.496 e. The SMILES string of the molecule is COCc1cc2nncc(N3CCOC(Cc4cccnc4)C3)c2cc1OC. The zero-order valence-electron chi connectivity index (χ0n) is 16.2.